The number of benzene rings is 2. The third-order valence-electron chi connectivity index (χ3n) is 2.70. The van der Waals surface area contributed by atoms with Crippen molar-refractivity contribution in [3.05, 3.63) is 63.7 Å². The molecule has 0 N–H and O–H groups in total. The van der Waals surface area contributed by atoms with Crippen LogP contribution >= 0.6 is 19.2 Å². The standard InChI is InChI=1S/C14H13ClNO5P/c1-2-20-22(19,14-5-3-4-11(15)10-14)21-13-8-6-12(7-9-13)16(17)18/h3-10H,2H2,1H3/t22-/m0/s1. The third kappa shape index (κ3) is 3.85. The first-order valence-electron chi connectivity index (χ1n) is 6.39. The van der Waals surface area contributed by atoms with E-state index in [0.29, 0.717) is 10.3 Å². The van der Waals surface area contributed by atoms with Gasteiger partial charge in [-0.1, -0.05) is 17.7 Å². The molecule has 0 unspecified atom stereocenters. The Bertz CT molecular complexity index is 719. The number of non-ortho nitro benzene ring substituents is 1. The number of halogens is 1. The number of nitro groups is 1. The van der Waals surface area contributed by atoms with Crippen LogP contribution in [0.1, 0.15) is 6.92 Å². The Hall–Kier alpha value is -1.88. The van der Waals surface area contributed by atoms with Gasteiger partial charge in [-0.3, -0.25) is 14.6 Å². The van der Waals surface area contributed by atoms with Crippen molar-refractivity contribution in [1.82, 2.24) is 0 Å². The molecule has 8 heteroatoms. The molecular formula is C14H13ClNO5P. The van der Waals surface area contributed by atoms with E-state index in [1.807, 2.05) is 0 Å². The maximum absolute atomic E-state index is 12.9. The molecule has 0 aromatic heterocycles. The van der Waals surface area contributed by atoms with Gasteiger partial charge < -0.3 is 4.52 Å². The minimum absolute atomic E-state index is 0.0821. The van der Waals surface area contributed by atoms with Gasteiger partial charge in [0.15, 0.2) is 0 Å². The van der Waals surface area contributed by atoms with Gasteiger partial charge in [0.25, 0.3) is 5.69 Å². The van der Waals surface area contributed by atoms with Gasteiger partial charge in [-0.2, -0.15) is 0 Å². The van der Waals surface area contributed by atoms with Crippen LogP contribution in [0, 0.1) is 10.1 Å². The van der Waals surface area contributed by atoms with Crippen LogP contribution in [0.15, 0.2) is 48.5 Å². The summed E-state index contributed by atoms with van der Waals surface area (Å²) < 4.78 is 23.7. The van der Waals surface area contributed by atoms with Crippen LogP contribution in [0.4, 0.5) is 5.69 Å². The number of hydrogen-bond acceptors (Lipinski definition) is 5. The van der Waals surface area contributed by atoms with Crippen molar-refractivity contribution >= 4 is 30.2 Å². The summed E-state index contributed by atoms with van der Waals surface area (Å²) in [6, 6.07) is 11.7. The lowest BCUT2D eigenvalue weighted by molar-refractivity contribution is -0.384. The van der Waals surface area contributed by atoms with Gasteiger partial charge in [0.1, 0.15) is 5.75 Å². The van der Waals surface area contributed by atoms with Crippen molar-refractivity contribution in [1.29, 1.82) is 0 Å². The van der Waals surface area contributed by atoms with Gasteiger partial charge in [0, 0.05) is 17.2 Å². The molecule has 0 aliphatic carbocycles. The molecule has 2 aromatic carbocycles. The minimum atomic E-state index is -3.61. The largest absolute Gasteiger partial charge is 0.421 e. The second-order valence-electron chi connectivity index (χ2n) is 4.24. The normalized spacial score (nSPS) is 13.4. The fourth-order valence-electron chi connectivity index (χ4n) is 1.74. The highest BCUT2D eigenvalue weighted by Crippen LogP contribution is 2.47. The molecule has 2 aromatic rings. The predicted octanol–water partition coefficient (Wildman–Crippen LogP) is 4.18. The SMILES string of the molecule is CCO[P@](=O)(Oc1ccc([N+](=O)[O-])cc1)c1cccc(Cl)c1. The van der Waals surface area contributed by atoms with E-state index in [4.69, 9.17) is 20.6 Å². The van der Waals surface area contributed by atoms with E-state index >= 15 is 0 Å². The molecule has 2 rings (SSSR count). The molecule has 22 heavy (non-hydrogen) atoms. The first-order valence-corrected chi connectivity index (χ1v) is 8.31. The van der Waals surface area contributed by atoms with E-state index in [1.165, 1.54) is 30.3 Å². The Morgan fingerprint density at radius 1 is 1.23 bits per heavy atom. The highest BCUT2D eigenvalue weighted by molar-refractivity contribution is 7.62. The lowest BCUT2D eigenvalue weighted by Crippen LogP contribution is -2.12. The highest BCUT2D eigenvalue weighted by atomic mass is 35.5. The van der Waals surface area contributed by atoms with Crippen LogP contribution in [0.3, 0.4) is 0 Å². The van der Waals surface area contributed by atoms with Gasteiger partial charge in [-0.05, 0) is 37.3 Å². The van der Waals surface area contributed by atoms with Crippen LogP contribution in [0.5, 0.6) is 5.75 Å². The molecule has 6 nitrogen and oxygen atoms in total. The Morgan fingerprint density at radius 2 is 1.91 bits per heavy atom. The zero-order chi connectivity index (χ0) is 16.2. The molecule has 0 saturated carbocycles. The second-order valence-corrected chi connectivity index (χ2v) is 6.63. The van der Waals surface area contributed by atoms with Crippen molar-refractivity contribution in [3.63, 3.8) is 0 Å². The van der Waals surface area contributed by atoms with Gasteiger partial charge in [0.05, 0.1) is 16.8 Å². The average Bonchev–Trinajstić information content (AvgIpc) is 2.48. The Kier molecular flexibility index (Phi) is 5.19. The van der Waals surface area contributed by atoms with Crippen molar-refractivity contribution in [2.45, 2.75) is 6.92 Å². The molecule has 0 saturated heterocycles. The number of nitrogens with zero attached hydrogens (tertiary/aromatic N) is 1. The second kappa shape index (κ2) is 6.92. The van der Waals surface area contributed by atoms with Crippen LogP contribution < -0.4 is 9.83 Å². The van der Waals surface area contributed by atoms with Crippen LogP contribution in [0.25, 0.3) is 0 Å². The van der Waals surface area contributed by atoms with Gasteiger partial charge in [0.2, 0.25) is 0 Å². The lowest BCUT2D eigenvalue weighted by Gasteiger charge is -2.19. The van der Waals surface area contributed by atoms with Crippen LogP contribution in [-0.4, -0.2) is 11.5 Å². The molecule has 0 bridgehead atoms. The minimum Gasteiger partial charge on any atom is -0.421 e. The smallest absolute Gasteiger partial charge is 0.410 e. The van der Waals surface area contributed by atoms with Crippen molar-refractivity contribution in [2.75, 3.05) is 6.61 Å². The summed E-state index contributed by atoms with van der Waals surface area (Å²) in [5.41, 5.74) is -0.0821. The van der Waals surface area contributed by atoms with E-state index < -0.39 is 12.5 Å². The monoisotopic (exact) mass is 341 g/mol. The van der Waals surface area contributed by atoms with E-state index in [0.717, 1.165) is 0 Å². The molecule has 0 fully saturated rings. The summed E-state index contributed by atoms with van der Waals surface area (Å²) in [6.45, 7) is 1.87. The van der Waals surface area contributed by atoms with E-state index in [9.17, 15) is 14.7 Å². The van der Waals surface area contributed by atoms with Gasteiger partial charge in [-0.25, -0.2) is 4.57 Å². The van der Waals surface area contributed by atoms with E-state index in [1.54, 1.807) is 25.1 Å². The van der Waals surface area contributed by atoms with E-state index in [-0.39, 0.29) is 18.0 Å². The van der Waals surface area contributed by atoms with Crippen molar-refractivity contribution in [2.24, 2.45) is 0 Å². The van der Waals surface area contributed by atoms with Crippen LogP contribution in [0.2, 0.25) is 5.02 Å². The lowest BCUT2D eigenvalue weighted by atomic mass is 10.3. The molecule has 116 valence electrons. The van der Waals surface area contributed by atoms with Crippen molar-refractivity contribution in [3.8, 4) is 5.75 Å². The maximum Gasteiger partial charge on any atom is 0.410 e. The fourth-order valence-corrected chi connectivity index (χ4v) is 3.62. The molecule has 0 heterocycles. The summed E-state index contributed by atoms with van der Waals surface area (Å²) in [5.74, 6) is 0.211. The van der Waals surface area contributed by atoms with E-state index in [2.05, 4.69) is 0 Å². The number of rotatable bonds is 6. The summed E-state index contributed by atoms with van der Waals surface area (Å²) in [4.78, 5) is 10.1. The third-order valence-corrected chi connectivity index (χ3v) is 4.89. The molecule has 0 aliphatic heterocycles. The Morgan fingerprint density at radius 3 is 2.45 bits per heavy atom. The molecule has 0 spiro atoms. The van der Waals surface area contributed by atoms with Gasteiger partial charge in [-0.15, -0.1) is 0 Å². The highest BCUT2D eigenvalue weighted by Gasteiger charge is 2.29. The molecule has 1 atom stereocenters. The van der Waals surface area contributed by atoms with Gasteiger partial charge >= 0.3 is 7.60 Å². The zero-order valence-electron chi connectivity index (χ0n) is 11.6. The summed E-state index contributed by atoms with van der Waals surface area (Å²) in [5, 5.41) is 11.4. The predicted molar refractivity (Wildman–Crippen MR) is 84.0 cm³/mol. The molecule has 0 amide bonds. The Balaban J connectivity index is 2.32. The molecule has 0 radical (unpaired) electrons. The van der Waals surface area contributed by atoms with Crippen LogP contribution in [-0.2, 0) is 9.09 Å². The summed E-state index contributed by atoms with van der Waals surface area (Å²) >= 11 is 5.90. The first-order chi connectivity index (χ1) is 10.4. The maximum atomic E-state index is 12.9. The number of nitro benzene ring substituents is 1. The quantitative estimate of drug-likeness (QED) is 0.447. The summed E-state index contributed by atoms with van der Waals surface area (Å²) in [7, 11) is -3.61. The average molecular weight is 342 g/mol. The topological polar surface area (TPSA) is 78.7 Å². The summed E-state index contributed by atoms with van der Waals surface area (Å²) in [6.07, 6.45) is 0. The fraction of sp³-hybridized carbons (Fsp3) is 0.143. The molecular weight excluding hydrogens is 329 g/mol. The number of hydrogen-bond donors (Lipinski definition) is 0. The zero-order valence-corrected chi connectivity index (χ0v) is 13.3. The Labute approximate surface area is 132 Å². The van der Waals surface area contributed by atoms with Crippen molar-refractivity contribution < 1.29 is 18.5 Å². The first kappa shape index (κ1) is 16.5. The molecule has 0 aliphatic rings.